The summed E-state index contributed by atoms with van der Waals surface area (Å²) < 4.78 is 45.9. The topological polar surface area (TPSA) is 105 Å². The summed E-state index contributed by atoms with van der Waals surface area (Å²) in [5, 5.41) is 2.62. The first-order valence-electron chi connectivity index (χ1n) is 10.6. The van der Waals surface area contributed by atoms with Gasteiger partial charge in [-0.3, -0.25) is 10.1 Å². The lowest BCUT2D eigenvalue weighted by Gasteiger charge is -2.32. The van der Waals surface area contributed by atoms with Gasteiger partial charge in [0.1, 0.15) is 11.4 Å². The van der Waals surface area contributed by atoms with Crippen molar-refractivity contribution in [3.8, 4) is 0 Å². The third kappa shape index (κ3) is 7.00. The molecular formula is C23H28FN3O5S. The number of ether oxygens (including phenoxy) is 1. The van der Waals surface area contributed by atoms with E-state index in [-0.39, 0.29) is 16.8 Å². The maximum Gasteiger partial charge on any atom is 0.412 e. The van der Waals surface area contributed by atoms with Crippen LogP contribution in [-0.4, -0.2) is 50.1 Å². The average Bonchev–Trinajstić information content (AvgIpc) is 2.72. The Balaban J connectivity index is 1.57. The van der Waals surface area contributed by atoms with Gasteiger partial charge in [0.2, 0.25) is 10.0 Å². The van der Waals surface area contributed by atoms with Gasteiger partial charge < -0.3 is 9.64 Å². The van der Waals surface area contributed by atoms with Crippen molar-refractivity contribution >= 4 is 27.7 Å². The molecule has 0 aromatic heterocycles. The molecule has 10 heteroatoms. The number of piperidine rings is 1. The molecule has 8 nitrogen and oxygen atoms in total. The molecule has 0 saturated carbocycles. The van der Waals surface area contributed by atoms with Gasteiger partial charge in [-0.1, -0.05) is 6.07 Å². The molecule has 2 aromatic rings. The molecule has 0 radical (unpaired) electrons. The largest absolute Gasteiger partial charge is 0.444 e. The average molecular weight is 478 g/mol. The highest BCUT2D eigenvalue weighted by atomic mass is 32.2. The summed E-state index contributed by atoms with van der Waals surface area (Å²) in [6.07, 6.45) is 0.283. The lowest BCUT2D eigenvalue weighted by molar-refractivity contribution is 0.0634. The normalized spacial score (nSPS) is 15.2. The van der Waals surface area contributed by atoms with Gasteiger partial charge in [0.15, 0.2) is 0 Å². The minimum atomic E-state index is -3.77. The zero-order valence-corrected chi connectivity index (χ0v) is 19.6. The number of nitrogens with one attached hydrogen (secondary N) is 2. The lowest BCUT2D eigenvalue weighted by Crippen LogP contribution is -2.46. The third-order valence-electron chi connectivity index (χ3n) is 4.98. The molecule has 2 N–H and O–H groups in total. The van der Waals surface area contributed by atoms with Crippen molar-refractivity contribution in [2.75, 3.05) is 18.4 Å². The molecule has 1 aliphatic rings. The van der Waals surface area contributed by atoms with Gasteiger partial charge in [0, 0.05) is 30.4 Å². The number of amides is 2. The number of halogens is 1. The van der Waals surface area contributed by atoms with Crippen LogP contribution in [0, 0.1) is 5.82 Å². The second-order valence-corrected chi connectivity index (χ2v) is 10.6. The summed E-state index contributed by atoms with van der Waals surface area (Å²) in [7, 11) is -3.77. The zero-order chi connectivity index (χ0) is 24.2. The molecule has 2 aromatic carbocycles. The van der Waals surface area contributed by atoms with E-state index in [1.54, 1.807) is 49.9 Å². The number of anilines is 1. The van der Waals surface area contributed by atoms with Crippen molar-refractivity contribution in [2.24, 2.45) is 0 Å². The molecule has 33 heavy (non-hydrogen) atoms. The first-order valence-corrected chi connectivity index (χ1v) is 12.1. The molecular weight excluding hydrogens is 449 g/mol. The van der Waals surface area contributed by atoms with Crippen LogP contribution < -0.4 is 10.0 Å². The summed E-state index contributed by atoms with van der Waals surface area (Å²) in [5.41, 5.74) is 0.214. The summed E-state index contributed by atoms with van der Waals surface area (Å²) in [6, 6.07) is 10.9. The molecule has 1 heterocycles. The predicted octanol–water partition coefficient (Wildman–Crippen LogP) is 3.76. The quantitative estimate of drug-likeness (QED) is 0.682. The molecule has 0 spiro atoms. The Kier molecular flexibility index (Phi) is 7.38. The smallest absolute Gasteiger partial charge is 0.412 e. The molecule has 178 valence electrons. The van der Waals surface area contributed by atoms with Crippen LogP contribution in [0.3, 0.4) is 0 Å². The van der Waals surface area contributed by atoms with Crippen LogP contribution in [0.2, 0.25) is 0 Å². The highest BCUT2D eigenvalue weighted by molar-refractivity contribution is 7.89. The minimum Gasteiger partial charge on any atom is -0.444 e. The van der Waals surface area contributed by atoms with Crippen LogP contribution >= 0.6 is 0 Å². The molecule has 0 unspecified atom stereocenters. The third-order valence-corrected chi connectivity index (χ3v) is 6.52. The Morgan fingerprint density at radius 3 is 2.30 bits per heavy atom. The first-order chi connectivity index (χ1) is 15.4. The van der Waals surface area contributed by atoms with Crippen LogP contribution in [0.1, 0.15) is 44.0 Å². The molecule has 1 fully saturated rings. The Hall–Kier alpha value is -2.98. The fourth-order valence-electron chi connectivity index (χ4n) is 3.44. The SMILES string of the molecule is CC(C)(C)OC(=O)Nc1cccc(C(=O)N2CCC(NS(=O)(=O)c3ccc(F)cc3)CC2)c1. The number of hydrogen-bond donors (Lipinski definition) is 2. The van der Waals surface area contributed by atoms with Crippen molar-refractivity contribution in [1.29, 1.82) is 0 Å². The number of rotatable bonds is 5. The van der Waals surface area contributed by atoms with Crippen LogP contribution in [-0.2, 0) is 14.8 Å². The van der Waals surface area contributed by atoms with E-state index in [2.05, 4.69) is 10.0 Å². The Morgan fingerprint density at radius 2 is 1.70 bits per heavy atom. The molecule has 2 amide bonds. The van der Waals surface area contributed by atoms with Gasteiger partial charge >= 0.3 is 6.09 Å². The highest BCUT2D eigenvalue weighted by Gasteiger charge is 2.27. The van der Waals surface area contributed by atoms with Crippen LogP contribution in [0.5, 0.6) is 0 Å². The lowest BCUT2D eigenvalue weighted by atomic mass is 10.0. The van der Waals surface area contributed by atoms with Gasteiger partial charge in [0.25, 0.3) is 5.91 Å². The maximum absolute atomic E-state index is 13.1. The van der Waals surface area contributed by atoms with Gasteiger partial charge in [0.05, 0.1) is 4.90 Å². The van der Waals surface area contributed by atoms with E-state index in [1.165, 1.54) is 12.1 Å². The molecule has 0 aliphatic carbocycles. The predicted molar refractivity (Wildman–Crippen MR) is 122 cm³/mol. The minimum absolute atomic E-state index is 0.00305. The Bertz CT molecular complexity index is 1110. The van der Waals surface area contributed by atoms with E-state index >= 15 is 0 Å². The molecule has 1 saturated heterocycles. The summed E-state index contributed by atoms with van der Waals surface area (Å²) in [4.78, 5) is 26.5. The summed E-state index contributed by atoms with van der Waals surface area (Å²) >= 11 is 0. The Morgan fingerprint density at radius 1 is 1.06 bits per heavy atom. The van der Waals surface area contributed by atoms with Gasteiger partial charge in [-0.15, -0.1) is 0 Å². The number of carbonyl (C=O) groups excluding carboxylic acids is 2. The second kappa shape index (κ2) is 9.88. The van der Waals surface area contributed by atoms with Crippen LogP contribution in [0.4, 0.5) is 14.9 Å². The summed E-state index contributed by atoms with van der Waals surface area (Å²) in [6.45, 7) is 6.03. The van der Waals surface area contributed by atoms with Gasteiger partial charge in [-0.25, -0.2) is 22.3 Å². The summed E-state index contributed by atoms with van der Waals surface area (Å²) in [5.74, 6) is -0.714. The van der Waals surface area contributed by atoms with E-state index in [0.29, 0.717) is 37.2 Å². The zero-order valence-electron chi connectivity index (χ0n) is 18.8. The number of carbonyl (C=O) groups is 2. The molecule has 0 atom stereocenters. The van der Waals surface area contributed by atoms with Crippen molar-refractivity contribution in [1.82, 2.24) is 9.62 Å². The van der Waals surface area contributed by atoms with Crippen molar-refractivity contribution in [3.05, 3.63) is 59.9 Å². The standard InChI is InChI=1S/C23H28FN3O5S/c1-23(2,3)32-22(29)25-19-6-4-5-16(15-19)21(28)27-13-11-18(12-14-27)26-33(30,31)20-9-7-17(24)8-10-20/h4-10,15,18,26H,11-14H2,1-3H3,(H,25,29). The Labute approximate surface area is 193 Å². The molecule has 3 rings (SSSR count). The molecule has 1 aliphatic heterocycles. The fraction of sp³-hybridized carbons (Fsp3) is 0.391. The van der Waals surface area contributed by atoms with E-state index in [1.807, 2.05) is 0 Å². The van der Waals surface area contributed by atoms with Crippen LogP contribution in [0.25, 0.3) is 0 Å². The second-order valence-electron chi connectivity index (χ2n) is 8.85. The van der Waals surface area contributed by atoms with E-state index in [0.717, 1.165) is 12.1 Å². The van der Waals surface area contributed by atoms with Crippen molar-refractivity contribution < 1.29 is 27.1 Å². The van der Waals surface area contributed by atoms with Crippen molar-refractivity contribution in [3.63, 3.8) is 0 Å². The number of benzene rings is 2. The van der Waals surface area contributed by atoms with Crippen LogP contribution in [0.15, 0.2) is 53.4 Å². The number of sulfonamides is 1. The van der Waals surface area contributed by atoms with Gasteiger partial charge in [-0.2, -0.15) is 0 Å². The fourth-order valence-corrected chi connectivity index (χ4v) is 4.74. The number of hydrogen-bond acceptors (Lipinski definition) is 5. The van der Waals surface area contributed by atoms with Gasteiger partial charge in [-0.05, 0) is 76.1 Å². The molecule has 0 bridgehead atoms. The van der Waals surface area contributed by atoms with E-state index in [9.17, 15) is 22.4 Å². The number of likely N-dealkylation sites (tertiary alicyclic amines) is 1. The van der Waals surface area contributed by atoms with E-state index in [4.69, 9.17) is 4.74 Å². The van der Waals surface area contributed by atoms with Crippen molar-refractivity contribution in [2.45, 2.75) is 50.2 Å². The monoisotopic (exact) mass is 477 g/mol. The van der Waals surface area contributed by atoms with E-state index < -0.39 is 27.5 Å². The maximum atomic E-state index is 13.1. The highest BCUT2D eigenvalue weighted by Crippen LogP contribution is 2.19. The first kappa shape index (κ1) is 24.7. The number of nitrogens with zero attached hydrogens (tertiary/aromatic N) is 1.